The van der Waals surface area contributed by atoms with Crippen molar-refractivity contribution in [3.05, 3.63) is 47.7 Å². The molecular weight excluding hydrogens is 270 g/mol. The van der Waals surface area contributed by atoms with Gasteiger partial charge in [0.15, 0.2) is 11.6 Å². The SMILES string of the molecule is CC=COCCC[C@H]1CC[C@H](c2cccc(F)c2F)CC1. The summed E-state index contributed by atoms with van der Waals surface area (Å²) >= 11 is 0. The van der Waals surface area contributed by atoms with Gasteiger partial charge in [-0.25, -0.2) is 8.78 Å². The Morgan fingerprint density at radius 3 is 2.67 bits per heavy atom. The van der Waals surface area contributed by atoms with Crippen molar-refractivity contribution in [2.75, 3.05) is 6.61 Å². The summed E-state index contributed by atoms with van der Waals surface area (Å²) in [5, 5.41) is 0. The third-order valence-electron chi connectivity index (χ3n) is 4.37. The van der Waals surface area contributed by atoms with Crippen molar-refractivity contribution in [1.29, 1.82) is 0 Å². The van der Waals surface area contributed by atoms with E-state index in [2.05, 4.69) is 0 Å². The Morgan fingerprint density at radius 1 is 1.19 bits per heavy atom. The molecule has 2 rings (SSSR count). The number of ether oxygens (including phenoxy) is 1. The summed E-state index contributed by atoms with van der Waals surface area (Å²) in [6.07, 6.45) is 9.96. The Hall–Kier alpha value is -1.38. The summed E-state index contributed by atoms with van der Waals surface area (Å²) in [7, 11) is 0. The van der Waals surface area contributed by atoms with Crippen LogP contribution in [0.15, 0.2) is 30.5 Å². The lowest BCUT2D eigenvalue weighted by atomic mass is 9.77. The Balaban J connectivity index is 1.76. The third-order valence-corrected chi connectivity index (χ3v) is 4.37. The first-order valence-corrected chi connectivity index (χ1v) is 7.89. The van der Waals surface area contributed by atoms with Crippen molar-refractivity contribution in [3.8, 4) is 0 Å². The second kappa shape index (κ2) is 8.16. The molecule has 0 aliphatic heterocycles. The molecule has 1 fully saturated rings. The fourth-order valence-electron chi connectivity index (χ4n) is 3.22. The van der Waals surface area contributed by atoms with Crippen LogP contribution in [-0.2, 0) is 4.74 Å². The number of rotatable bonds is 6. The van der Waals surface area contributed by atoms with Gasteiger partial charge in [-0.3, -0.25) is 0 Å². The average molecular weight is 294 g/mol. The Morgan fingerprint density at radius 2 is 1.95 bits per heavy atom. The summed E-state index contributed by atoms with van der Waals surface area (Å²) < 4.78 is 32.4. The summed E-state index contributed by atoms with van der Waals surface area (Å²) in [6, 6.07) is 4.53. The second-order valence-electron chi connectivity index (χ2n) is 5.84. The number of hydrogen-bond acceptors (Lipinski definition) is 1. The van der Waals surface area contributed by atoms with Crippen molar-refractivity contribution in [1.82, 2.24) is 0 Å². The standard InChI is InChI=1S/C18H24F2O/c1-2-12-21-13-4-5-14-8-10-15(11-9-14)16-6-3-7-17(19)18(16)20/h2-3,6-7,12,14-15H,4-5,8-11,13H2,1H3/t14-,15-. The number of allylic oxidation sites excluding steroid dienone is 1. The second-order valence-corrected chi connectivity index (χ2v) is 5.84. The van der Waals surface area contributed by atoms with Crippen molar-refractivity contribution in [3.63, 3.8) is 0 Å². The molecule has 1 aliphatic rings. The highest BCUT2D eigenvalue weighted by Crippen LogP contribution is 2.38. The molecular formula is C18H24F2O. The molecule has 3 heteroatoms. The molecule has 0 aromatic heterocycles. The molecule has 0 bridgehead atoms. The van der Waals surface area contributed by atoms with E-state index in [0.29, 0.717) is 11.5 Å². The molecule has 0 unspecified atom stereocenters. The molecule has 0 saturated heterocycles. The average Bonchev–Trinajstić information content (AvgIpc) is 2.51. The van der Waals surface area contributed by atoms with E-state index in [1.807, 2.05) is 13.0 Å². The van der Waals surface area contributed by atoms with Gasteiger partial charge in [0.1, 0.15) is 0 Å². The predicted molar refractivity (Wildman–Crippen MR) is 81.1 cm³/mol. The van der Waals surface area contributed by atoms with E-state index in [1.165, 1.54) is 6.07 Å². The van der Waals surface area contributed by atoms with Crippen LogP contribution in [0.3, 0.4) is 0 Å². The van der Waals surface area contributed by atoms with Crippen LogP contribution in [0.1, 0.15) is 56.9 Å². The summed E-state index contributed by atoms with van der Waals surface area (Å²) in [4.78, 5) is 0. The quantitative estimate of drug-likeness (QED) is 0.492. The lowest BCUT2D eigenvalue weighted by Crippen LogP contribution is -2.15. The number of halogens is 2. The molecule has 1 nitrogen and oxygen atoms in total. The van der Waals surface area contributed by atoms with Gasteiger partial charge < -0.3 is 4.74 Å². The van der Waals surface area contributed by atoms with Crippen molar-refractivity contribution >= 4 is 0 Å². The highest BCUT2D eigenvalue weighted by molar-refractivity contribution is 5.23. The zero-order valence-corrected chi connectivity index (χ0v) is 12.7. The minimum Gasteiger partial charge on any atom is -0.502 e. The molecule has 116 valence electrons. The Labute approximate surface area is 126 Å². The molecule has 1 saturated carbocycles. The van der Waals surface area contributed by atoms with E-state index in [9.17, 15) is 8.78 Å². The normalized spacial score (nSPS) is 22.6. The van der Waals surface area contributed by atoms with Gasteiger partial charge in [0.25, 0.3) is 0 Å². The maximum atomic E-state index is 13.8. The lowest BCUT2D eigenvalue weighted by molar-refractivity contribution is 0.219. The summed E-state index contributed by atoms with van der Waals surface area (Å²) in [5.74, 6) is -0.500. The smallest absolute Gasteiger partial charge is 0.162 e. The topological polar surface area (TPSA) is 9.23 Å². The van der Waals surface area contributed by atoms with Crippen LogP contribution >= 0.6 is 0 Å². The van der Waals surface area contributed by atoms with Crippen molar-refractivity contribution in [2.24, 2.45) is 5.92 Å². The van der Waals surface area contributed by atoms with Crippen LogP contribution < -0.4 is 0 Å². The molecule has 0 amide bonds. The predicted octanol–water partition coefficient (Wildman–Crippen LogP) is 5.57. The van der Waals surface area contributed by atoms with Gasteiger partial charge in [0, 0.05) is 0 Å². The van der Waals surface area contributed by atoms with Crippen LogP contribution in [0.25, 0.3) is 0 Å². The summed E-state index contributed by atoms with van der Waals surface area (Å²) in [6.45, 7) is 2.70. The number of hydrogen-bond donors (Lipinski definition) is 0. The van der Waals surface area contributed by atoms with E-state index in [0.717, 1.165) is 45.1 Å². The van der Waals surface area contributed by atoms with Crippen LogP contribution in [0.4, 0.5) is 8.78 Å². The van der Waals surface area contributed by atoms with Gasteiger partial charge in [-0.15, -0.1) is 0 Å². The van der Waals surface area contributed by atoms with Crippen LogP contribution in [0, 0.1) is 17.6 Å². The molecule has 21 heavy (non-hydrogen) atoms. The van der Waals surface area contributed by atoms with Gasteiger partial charge in [-0.1, -0.05) is 18.2 Å². The van der Waals surface area contributed by atoms with Crippen molar-refractivity contribution < 1.29 is 13.5 Å². The lowest BCUT2D eigenvalue weighted by Gasteiger charge is -2.29. The molecule has 1 aliphatic carbocycles. The van der Waals surface area contributed by atoms with Gasteiger partial charge in [0.05, 0.1) is 12.9 Å². The molecule has 0 radical (unpaired) electrons. The minimum absolute atomic E-state index is 0.177. The third kappa shape index (κ3) is 4.55. The first kappa shape index (κ1) is 16.0. The first-order chi connectivity index (χ1) is 10.2. The zero-order valence-electron chi connectivity index (χ0n) is 12.7. The maximum Gasteiger partial charge on any atom is 0.162 e. The monoisotopic (exact) mass is 294 g/mol. The van der Waals surface area contributed by atoms with Gasteiger partial charge in [0.2, 0.25) is 0 Å². The minimum atomic E-state index is -0.726. The molecule has 0 N–H and O–H groups in total. The van der Waals surface area contributed by atoms with Crippen molar-refractivity contribution in [2.45, 2.75) is 51.4 Å². The molecule has 0 heterocycles. The molecule has 0 spiro atoms. The molecule has 1 aromatic rings. The van der Waals surface area contributed by atoms with Gasteiger partial charge in [-0.2, -0.15) is 0 Å². The van der Waals surface area contributed by atoms with Crippen LogP contribution in [0.2, 0.25) is 0 Å². The zero-order chi connectivity index (χ0) is 15.1. The highest BCUT2D eigenvalue weighted by Gasteiger charge is 2.24. The Bertz CT molecular complexity index is 462. The first-order valence-electron chi connectivity index (χ1n) is 7.89. The van der Waals surface area contributed by atoms with E-state index in [-0.39, 0.29) is 5.92 Å². The van der Waals surface area contributed by atoms with E-state index < -0.39 is 11.6 Å². The Kier molecular flexibility index (Phi) is 6.21. The summed E-state index contributed by atoms with van der Waals surface area (Å²) in [5.41, 5.74) is 0.560. The molecule has 0 atom stereocenters. The van der Waals surface area contributed by atoms with E-state index in [1.54, 1.807) is 18.4 Å². The fourth-order valence-corrected chi connectivity index (χ4v) is 3.22. The van der Waals surface area contributed by atoms with Crippen LogP contribution in [-0.4, -0.2) is 6.61 Å². The maximum absolute atomic E-state index is 13.8. The van der Waals surface area contributed by atoms with E-state index in [4.69, 9.17) is 4.74 Å². The van der Waals surface area contributed by atoms with Gasteiger partial charge in [-0.05, 0) is 68.9 Å². The fraction of sp³-hybridized carbons (Fsp3) is 0.556. The van der Waals surface area contributed by atoms with Gasteiger partial charge >= 0.3 is 0 Å². The van der Waals surface area contributed by atoms with Crippen LogP contribution in [0.5, 0.6) is 0 Å². The largest absolute Gasteiger partial charge is 0.502 e. The number of benzene rings is 1. The van der Waals surface area contributed by atoms with E-state index >= 15 is 0 Å². The molecule has 1 aromatic carbocycles. The highest BCUT2D eigenvalue weighted by atomic mass is 19.2.